The lowest BCUT2D eigenvalue weighted by molar-refractivity contribution is 0.303. The van der Waals surface area contributed by atoms with E-state index < -0.39 is 0 Å². The maximum Gasteiger partial charge on any atom is 0.234 e. The summed E-state index contributed by atoms with van der Waals surface area (Å²) in [6, 6.07) is 0. The van der Waals surface area contributed by atoms with Crippen LogP contribution in [0, 0.1) is 0 Å². The number of hydrogen-bond acceptors (Lipinski definition) is 5. The van der Waals surface area contributed by atoms with Gasteiger partial charge in [0.1, 0.15) is 5.01 Å². The van der Waals surface area contributed by atoms with Gasteiger partial charge >= 0.3 is 0 Å². The molecule has 2 rings (SSSR count). The van der Waals surface area contributed by atoms with Gasteiger partial charge in [0.2, 0.25) is 4.96 Å². The Labute approximate surface area is 105 Å². The molecule has 0 unspecified atom stereocenters. The normalized spacial score (nSPS) is 13.5. The van der Waals surface area contributed by atoms with Crippen LogP contribution in [0.5, 0.6) is 0 Å². The van der Waals surface area contributed by atoms with Crippen LogP contribution in [0.15, 0.2) is 0 Å². The first kappa shape index (κ1) is 12.4. The highest BCUT2D eigenvalue weighted by Gasteiger charge is 2.38. The van der Waals surface area contributed by atoms with E-state index >= 15 is 0 Å². The van der Waals surface area contributed by atoms with Crippen molar-refractivity contribution < 1.29 is 0 Å². The first-order valence-electron chi connectivity index (χ1n) is 5.78. The predicted molar refractivity (Wildman–Crippen MR) is 69.3 cm³/mol. The average molecular weight is 253 g/mol. The maximum absolute atomic E-state index is 6.23. The molecule has 0 aliphatic heterocycles. The molecule has 5 nitrogen and oxygen atoms in total. The van der Waals surface area contributed by atoms with Crippen LogP contribution in [-0.2, 0) is 11.8 Å². The fourth-order valence-electron chi connectivity index (χ4n) is 1.41. The first-order valence-corrected chi connectivity index (χ1v) is 6.59. The van der Waals surface area contributed by atoms with Crippen LogP contribution in [0.25, 0.3) is 4.96 Å². The van der Waals surface area contributed by atoms with Crippen LogP contribution >= 0.6 is 11.3 Å². The minimum atomic E-state index is -0.331. The Balaban J connectivity index is 2.54. The van der Waals surface area contributed by atoms with Crippen molar-refractivity contribution in [2.75, 3.05) is 0 Å². The fraction of sp³-hybridized carbons (Fsp3) is 0.727. The highest BCUT2D eigenvalue weighted by molar-refractivity contribution is 7.16. The largest absolute Gasteiger partial charge is 0.325 e. The quantitative estimate of drug-likeness (QED) is 0.905. The van der Waals surface area contributed by atoms with Crippen molar-refractivity contribution in [1.82, 2.24) is 19.8 Å². The van der Waals surface area contributed by atoms with E-state index in [2.05, 4.69) is 29.1 Å². The molecule has 6 heteroatoms. The molecule has 0 aliphatic carbocycles. The monoisotopic (exact) mass is 253 g/mol. The third-order valence-corrected chi connectivity index (χ3v) is 4.74. The number of hydrogen-bond donors (Lipinski definition) is 1. The molecule has 0 fully saturated rings. The van der Waals surface area contributed by atoms with E-state index in [1.54, 1.807) is 11.3 Å². The van der Waals surface area contributed by atoms with Gasteiger partial charge in [-0.2, -0.15) is 9.61 Å². The third-order valence-electron chi connectivity index (χ3n) is 3.52. The molecule has 2 heterocycles. The Morgan fingerprint density at radius 1 is 1.24 bits per heavy atom. The van der Waals surface area contributed by atoms with Crippen molar-refractivity contribution in [3.8, 4) is 0 Å². The molecule has 2 aromatic rings. The SMILES string of the molecule is CCc1nnc2sc(C(C)(C)C(C)(C)N)nn12. The molecular formula is C11H19N5S. The number of nitrogens with zero attached hydrogens (tertiary/aromatic N) is 4. The van der Waals surface area contributed by atoms with Gasteiger partial charge in [-0.3, -0.25) is 0 Å². The standard InChI is InChI=1S/C11H19N5S/c1-6-7-13-14-9-16(7)15-8(17-9)10(2,3)11(4,5)12/h6,12H2,1-5H3. The number of rotatable bonds is 3. The lowest BCUT2D eigenvalue weighted by atomic mass is 9.76. The second kappa shape index (κ2) is 3.74. The van der Waals surface area contributed by atoms with E-state index in [-0.39, 0.29) is 11.0 Å². The van der Waals surface area contributed by atoms with Crippen molar-refractivity contribution >= 4 is 16.3 Å². The van der Waals surface area contributed by atoms with Gasteiger partial charge in [-0.15, -0.1) is 10.2 Å². The van der Waals surface area contributed by atoms with Gasteiger partial charge in [0.15, 0.2) is 5.82 Å². The van der Waals surface area contributed by atoms with Crippen LogP contribution in [-0.4, -0.2) is 25.4 Å². The van der Waals surface area contributed by atoms with Crippen molar-refractivity contribution in [2.24, 2.45) is 5.73 Å². The van der Waals surface area contributed by atoms with Crippen molar-refractivity contribution in [3.63, 3.8) is 0 Å². The second-order valence-corrected chi connectivity index (χ2v) is 6.37. The van der Waals surface area contributed by atoms with Crippen LogP contribution < -0.4 is 5.73 Å². The van der Waals surface area contributed by atoms with Gasteiger partial charge in [-0.25, -0.2) is 0 Å². The second-order valence-electron chi connectivity index (χ2n) is 5.42. The van der Waals surface area contributed by atoms with Crippen LogP contribution in [0.4, 0.5) is 0 Å². The topological polar surface area (TPSA) is 69.1 Å². The summed E-state index contributed by atoms with van der Waals surface area (Å²) in [7, 11) is 0. The lowest BCUT2D eigenvalue weighted by Crippen LogP contribution is -2.50. The Kier molecular flexibility index (Phi) is 2.74. The number of aryl methyl sites for hydroxylation is 1. The number of fused-ring (bicyclic) bond motifs is 1. The van der Waals surface area contributed by atoms with Gasteiger partial charge in [-0.05, 0) is 13.8 Å². The fourth-order valence-corrected chi connectivity index (χ4v) is 2.53. The summed E-state index contributed by atoms with van der Waals surface area (Å²) in [5, 5.41) is 13.8. The molecule has 2 aromatic heterocycles. The van der Waals surface area contributed by atoms with E-state index in [9.17, 15) is 0 Å². The summed E-state index contributed by atoms with van der Waals surface area (Å²) in [6.07, 6.45) is 0.830. The molecule has 0 atom stereocenters. The minimum absolute atomic E-state index is 0.191. The van der Waals surface area contributed by atoms with E-state index in [4.69, 9.17) is 5.73 Å². The molecular weight excluding hydrogens is 234 g/mol. The first-order chi connectivity index (χ1) is 7.77. The Morgan fingerprint density at radius 3 is 2.41 bits per heavy atom. The van der Waals surface area contributed by atoms with Crippen molar-refractivity contribution in [2.45, 2.75) is 52.0 Å². The zero-order valence-corrected chi connectivity index (χ0v) is 11.8. The van der Waals surface area contributed by atoms with Crippen LogP contribution in [0.2, 0.25) is 0 Å². The molecule has 0 amide bonds. The summed E-state index contributed by atoms with van der Waals surface area (Å²) in [6.45, 7) is 10.3. The minimum Gasteiger partial charge on any atom is -0.325 e. The zero-order valence-electron chi connectivity index (χ0n) is 11.0. The molecule has 0 bridgehead atoms. The Morgan fingerprint density at radius 2 is 1.88 bits per heavy atom. The summed E-state index contributed by atoms with van der Waals surface area (Å²) in [5.41, 5.74) is 5.71. The van der Waals surface area contributed by atoms with Crippen LogP contribution in [0.3, 0.4) is 0 Å². The number of aromatic nitrogens is 4. The molecule has 0 saturated carbocycles. The summed E-state index contributed by atoms with van der Waals surface area (Å²) in [5.74, 6) is 0.896. The predicted octanol–water partition coefficient (Wildman–Crippen LogP) is 1.76. The van der Waals surface area contributed by atoms with E-state index in [0.29, 0.717) is 0 Å². The molecule has 0 spiro atoms. The van der Waals surface area contributed by atoms with E-state index in [0.717, 1.165) is 22.2 Å². The van der Waals surface area contributed by atoms with Gasteiger partial charge in [0, 0.05) is 17.4 Å². The lowest BCUT2D eigenvalue weighted by Gasteiger charge is -2.36. The maximum atomic E-state index is 6.23. The molecule has 0 saturated heterocycles. The van der Waals surface area contributed by atoms with Gasteiger partial charge in [0.05, 0.1) is 0 Å². The zero-order chi connectivity index (χ0) is 12.8. The average Bonchev–Trinajstić information content (AvgIpc) is 2.73. The smallest absolute Gasteiger partial charge is 0.234 e. The molecule has 17 heavy (non-hydrogen) atoms. The molecule has 0 aromatic carbocycles. The van der Waals surface area contributed by atoms with Gasteiger partial charge in [-0.1, -0.05) is 32.1 Å². The Bertz CT molecular complexity index is 532. The highest BCUT2D eigenvalue weighted by Crippen LogP contribution is 2.35. The third kappa shape index (κ3) is 1.85. The summed E-state index contributed by atoms with van der Waals surface area (Å²) in [4.78, 5) is 0.842. The molecule has 94 valence electrons. The van der Waals surface area contributed by atoms with Gasteiger partial charge in [0.25, 0.3) is 0 Å². The molecule has 2 N–H and O–H groups in total. The van der Waals surface area contributed by atoms with E-state index in [1.807, 2.05) is 25.3 Å². The van der Waals surface area contributed by atoms with Crippen molar-refractivity contribution in [1.29, 1.82) is 0 Å². The molecule has 0 aliphatic rings. The van der Waals surface area contributed by atoms with Gasteiger partial charge < -0.3 is 5.73 Å². The summed E-state index contributed by atoms with van der Waals surface area (Å²) >= 11 is 1.57. The van der Waals surface area contributed by atoms with E-state index in [1.165, 1.54) is 0 Å². The summed E-state index contributed by atoms with van der Waals surface area (Å²) < 4.78 is 1.83. The van der Waals surface area contributed by atoms with Crippen LogP contribution in [0.1, 0.15) is 45.5 Å². The Hall–Kier alpha value is -1.01. The molecule has 0 radical (unpaired) electrons. The number of nitrogens with two attached hydrogens (primary N) is 1. The van der Waals surface area contributed by atoms with Crippen molar-refractivity contribution in [3.05, 3.63) is 10.8 Å². The highest BCUT2D eigenvalue weighted by atomic mass is 32.1.